The van der Waals surface area contributed by atoms with Crippen LogP contribution in [0.5, 0.6) is 0 Å². The van der Waals surface area contributed by atoms with Crippen molar-refractivity contribution in [3.63, 3.8) is 0 Å². The Bertz CT molecular complexity index is 1040. The number of amides is 2. The van der Waals surface area contributed by atoms with Crippen molar-refractivity contribution in [3.8, 4) is 0 Å². The lowest BCUT2D eigenvalue weighted by atomic mass is 9.88. The molecule has 0 aromatic heterocycles. The molecule has 1 aromatic carbocycles. The zero-order valence-electron chi connectivity index (χ0n) is 22.4. The van der Waals surface area contributed by atoms with E-state index in [1.807, 2.05) is 34.9 Å². The van der Waals surface area contributed by atoms with Gasteiger partial charge in [0, 0.05) is 31.2 Å². The van der Waals surface area contributed by atoms with Crippen molar-refractivity contribution in [2.45, 2.75) is 82.3 Å². The first-order valence-corrected chi connectivity index (χ1v) is 14.4. The number of ether oxygens (including phenoxy) is 1. The Hall–Kier alpha value is -2.17. The standard InChI is InChI=1S/C26H42N4O5S/c1-26(2,3)35-25(32)30-17-13-19(14-18-30)28-36(33,34)23-12-11-22(20-9-6-7-10-21(20)23)24(31)27-15-8-16-29(4)5/h11-12,19,28H,6-10,13-18H2,1-5H3,(H,27,31). The number of sulfonamides is 1. The van der Waals surface area contributed by atoms with Gasteiger partial charge in [-0.1, -0.05) is 0 Å². The summed E-state index contributed by atoms with van der Waals surface area (Å²) in [6.45, 7) is 7.82. The second kappa shape index (κ2) is 11.9. The third-order valence-corrected chi connectivity index (χ3v) is 8.17. The molecule has 0 bridgehead atoms. The number of hydrogen-bond acceptors (Lipinski definition) is 6. The second-order valence-corrected chi connectivity index (χ2v) is 12.7. The first kappa shape index (κ1) is 28.4. The van der Waals surface area contributed by atoms with Crippen LogP contribution in [-0.2, 0) is 27.6 Å². The fourth-order valence-electron chi connectivity index (χ4n) is 4.78. The van der Waals surface area contributed by atoms with Gasteiger partial charge in [0.05, 0.1) is 4.90 Å². The van der Waals surface area contributed by atoms with Crippen LogP contribution in [0.4, 0.5) is 4.79 Å². The monoisotopic (exact) mass is 522 g/mol. The molecule has 1 saturated heterocycles. The quantitative estimate of drug-likeness (QED) is 0.509. The molecular weight excluding hydrogens is 480 g/mol. The van der Waals surface area contributed by atoms with Gasteiger partial charge < -0.3 is 19.9 Å². The Labute approximate surface area is 216 Å². The number of rotatable bonds is 8. The fraction of sp³-hybridized carbons (Fsp3) is 0.692. The van der Waals surface area contributed by atoms with Gasteiger partial charge in [0.15, 0.2) is 0 Å². The summed E-state index contributed by atoms with van der Waals surface area (Å²) in [7, 11) is 0.229. The lowest BCUT2D eigenvalue weighted by Crippen LogP contribution is -2.47. The van der Waals surface area contributed by atoms with Gasteiger partial charge in [0.25, 0.3) is 5.91 Å². The Kier molecular flexibility index (Phi) is 9.40. The summed E-state index contributed by atoms with van der Waals surface area (Å²) in [5.74, 6) is -0.140. The van der Waals surface area contributed by atoms with Gasteiger partial charge in [-0.2, -0.15) is 0 Å². The maximum atomic E-state index is 13.4. The maximum absolute atomic E-state index is 13.4. The number of hydrogen-bond donors (Lipinski definition) is 2. The van der Waals surface area contributed by atoms with E-state index in [-0.39, 0.29) is 22.9 Å². The summed E-state index contributed by atoms with van der Waals surface area (Å²) in [4.78, 5) is 29.2. The van der Waals surface area contributed by atoms with Crippen molar-refractivity contribution in [1.82, 2.24) is 19.8 Å². The van der Waals surface area contributed by atoms with Gasteiger partial charge in [-0.05, 0) is 110 Å². The average Bonchev–Trinajstić information content (AvgIpc) is 2.80. The van der Waals surface area contributed by atoms with Crippen molar-refractivity contribution in [2.75, 3.05) is 40.3 Å². The molecule has 1 aliphatic heterocycles. The zero-order chi connectivity index (χ0) is 26.5. The average molecular weight is 523 g/mol. The highest BCUT2D eigenvalue weighted by Gasteiger charge is 2.31. The van der Waals surface area contributed by atoms with Crippen LogP contribution in [0, 0.1) is 0 Å². The third kappa shape index (κ3) is 7.66. The summed E-state index contributed by atoms with van der Waals surface area (Å²) < 4.78 is 35.1. The van der Waals surface area contributed by atoms with E-state index < -0.39 is 15.6 Å². The molecule has 9 nitrogen and oxygen atoms in total. The van der Waals surface area contributed by atoms with E-state index >= 15 is 0 Å². The number of piperidine rings is 1. The minimum atomic E-state index is -3.76. The van der Waals surface area contributed by atoms with Crippen LogP contribution in [0.3, 0.4) is 0 Å². The van der Waals surface area contributed by atoms with E-state index in [1.165, 1.54) is 0 Å². The Morgan fingerprint density at radius 3 is 2.33 bits per heavy atom. The second-order valence-electron chi connectivity index (χ2n) is 11.1. The number of nitrogens with zero attached hydrogens (tertiary/aromatic N) is 2. The van der Waals surface area contributed by atoms with Crippen LogP contribution in [-0.4, -0.2) is 82.1 Å². The van der Waals surface area contributed by atoms with Crippen LogP contribution in [0.15, 0.2) is 17.0 Å². The number of likely N-dealkylation sites (tertiary alicyclic amines) is 1. The topological polar surface area (TPSA) is 108 Å². The van der Waals surface area contributed by atoms with Crippen molar-refractivity contribution in [1.29, 1.82) is 0 Å². The Morgan fingerprint density at radius 1 is 1.08 bits per heavy atom. The lowest BCUT2D eigenvalue weighted by molar-refractivity contribution is 0.0203. The van der Waals surface area contributed by atoms with E-state index in [1.54, 1.807) is 17.0 Å². The van der Waals surface area contributed by atoms with E-state index in [2.05, 4.69) is 14.9 Å². The van der Waals surface area contributed by atoms with Crippen LogP contribution in [0.25, 0.3) is 0 Å². The van der Waals surface area contributed by atoms with E-state index in [9.17, 15) is 18.0 Å². The summed E-state index contributed by atoms with van der Waals surface area (Å²) in [6.07, 6.45) is 4.71. The first-order valence-electron chi connectivity index (χ1n) is 13.0. The molecule has 0 unspecified atom stereocenters. The van der Waals surface area contributed by atoms with Gasteiger partial charge in [0.2, 0.25) is 10.0 Å². The van der Waals surface area contributed by atoms with Crippen molar-refractivity contribution in [2.24, 2.45) is 0 Å². The first-order chi connectivity index (χ1) is 16.9. The smallest absolute Gasteiger partial charge is 0.410 e. The molecule has 0 spiro atoms. The molecule has 1 heterocycles. The maximum Gasteiger partial charge on any atom is 0.410 e. The summed E-state index contributed by atoms with van der Waals surface area (Å²) in [5.41, 5.74) is 1.64. The van der Waals surface area contributed by atoms with Gasteiger partial charge in [-0.25, -0.2) is 17.9 Å². The molecule has 3 rings (SSSR count). The fourth-order valence-corrected chi connectivity index (χ4v) is 6.38. The number of fused-ring (bicyclic) bond motifs is 1. The van der Waals surface area contributed by atoms with Crippen molar-refractivity contribution in [3.05, 3.63) is 28.8 Å². The molecular formula is C26H42N4O5S. The molecule has 2 amide bonds. The molecule has 36 heavy (non-hydrogen) atoms. The highest BCUT2D eigenvalue weighted by molar-refractivity contribution is 7.89. The SMILES string of the molecule is CN(C)CCCNC(=O)c1ccc(S(=O)(=O)NC2CCN(C(=O)OC(C)(C)C)CC2)c2c1CCCC2. The Morgan fingerprint density at radius 2 is 1.72 bits per heavy atom. The molecule has 0 radical (unpaired) electrons. The van der Waals surface area contributed by atoms with Gasteiger partial charge >= 0.3 is 6.09 Å². The van der Waals surface area contributed by atoms with E-state index in [0.29, 0.717) is 50.9 Å². The van der Waals surface area contributed by atoms with Crippen molar-refractivity contribution >= 4 is 22.0 Å². The van der Waals surface area contributed by atoms with E-state index in [4.69, 9.17) is 4.74 Å². The zero-order valence-corrected chi connectivity index (χ0v) is 23.2. The molecule has 1 aromatic rings. The van der Waals surface area contributed by atoms with Gasteiger partial charge in [-0.3, -0.25) is 4.79 Å². The van der Waals surface area contributed by atoms with Crippen LogP contribution in [0.1, 0.15) is 74.4 Å². The number of carbonyl (C=O) groups excluding carboxylic acids is 2. The van der Waals surface area contributed by atoms with E-state index in [0.717, 1.165) is 36.9 Å². The van der Waals surface area contributed by atoms with Crippen LogP contribution >= 0.6 is 0 Å². The molecule has 2 N–H and O–H groups in total. The molecule has 2 aliphatic rings. The third-order valence-electron chi connectivity index (χ3n) is 6.56. The van der Waals surface area contributed by atoms with Gasteiger partial charge in [0.1, 0.15) is 5.60 Å². The van der Waals surface area contributed by atoms with Gasteiger partial charge in [-0.15, -0.1) is 0 Å². The molecule has 1 fully saturated rings. The highest BCUT2D eigenvalue weighted by Crippen LogP contribution is 2.31. The van der Waals surface area contributed by atoms with Crippen LogP contribution in [0.2, 0.25) is 0 Å². The molecule has 1 aliphatic carbocycles. The minimum absolute atomic E-state index is 0.140. The largest absolute Gasteiger partial charge is 0.444 e. The predicted octanol–water partition coefficient (Wildman–Crippen LogP) is 2.92. The minimum Gasteiger partial charge on any atom is -0.444 e. The highest BCUT2D eigenvalue weighted by atomic mass is 32.2. The number of nitrogens with one attached hydrogen (secondary N) is 2. The lowest BCUT2D eigenvalue weighted by Gasteiger charge is -2.33. The normalized spacial score (nSPS) is 17.1. The number of benzene rings is 1. The van der Waals surface area contributed by atoms with Crippen molar-refractivity contribution < 1.29 is 22.7 Å². The Balaban J connectivity index is 1.68. The number of carbonyl (C=O) groups is 2. The molecule has 10 heteroatoms. The van der Waals surface area contributed by atoms with Crippen LogP contribution < -0.4 is 10.0 Å². The molecule has 202 valence electrons. The molecule has 0 saturated carbocycles. The summed E-state index contributed by atoms with van der Waals surface area (Å²) in [5, 5.41) is 2.98. The summed E-state index contributed by atoms with van der Waals surface area (Å²) >= 11 is 0. The molecule has 0 atom stereocenters. The predicted molar refractivity (Wildman–Crippen MR) is 140 cm³/mol. The summed E-state index contributed by atoms with van der Waals surface area (Å²) in [6, 6.07) is 2.98.